The Morgan fingerprint density at radius 1 is 1.06 bits per heavy atom. The SMILES string of the molecule is CS(=O)(=O)c1ccc(Oc2cc(OCc3ccccc3)c3[nH]c(C4=NCC(CCO)S4)cc3c2)cc1. The molecule has 9 heteroatoms. The summed E-state index contributed by atoms with van der Waals surface area (Å²) in [7, 11) is -3.28. The Balaban J connectivity index is 1.46. The van der Waals surface area contributed by atoms with Crippen LogP contribution in [0.25, 0.3) is 10.9 Å². The minimum Gasteiger partial charge on any atom is -0.487 e. The monoisotopic (exact) mass is 522 g/mol. The second-order valence-corrected chi connectivity index (χ2v) is 11.9. The van der Waals surface area contributed by atoms with Gasteiger partial charge in [-0.15, -0.1) is 0 Å². The first-order chi connectivity index (χ1) is 17.4. The van der Waals surface area contributed by atoms with E-state index < -0.39 is 9.84 Å². The van der Waals surface area contributed by atoms with Gasteiger partial charge >= 0.3 is 0 Å². The van der Waals surface area contributed by atoms with Crippen molar-refractivity contribution in [1.82, 2.24) is 4.98 Å². The van der Waals surface area contributed by atoms with Crippen LogP contribution in [0.1, 0.15) is 17.7 Å². The lowest BCUT2D eigenvalue weighted by Gasteiger charge is -2.11. The summed E-state index contributed by atoms with van der Waals surface area (Å²) in [6.07, 6.45) is 1.88. The van der Waals surface area contributed by atoms with E-state index in [1.165, 1.54) is 18.4 Å². The van der Waals surface area contributed by atoms with Crippen molar-refractivity contribution in [2.75, 3.05) is 19.4 Å². The van der Waals surface area contributed by atoms with Crippen molar-refractivity contribution in [3.8, 4) is 17.2 Å². The van der Waals surface area contributed by atoms with Gasteiger partial charge in [-0.1, -0.05) is 42.1 Å². The van der Waals surface area contributed by atoms with Gasteiger partial charge < -0.3 is 19.6 Å². The molecule has 1 aliphatic rings. The number of benzene rings is 3. The van der Waals surface area contributed by atoms with Gasteiger partial charge in [0, 0.05) is 29.6 Å². The third-order valence-electron chi connectivity index (χ3n) is 5.79. The number of rotatable bonds is 9. The molecule has 0 saturated carbocycles. The molecule has 1 aromatic heterocycles. The lowest BCUT2D eigenvalue weighted by Crippen LogP contribution is -2.05. The number of nitrogens with zero attached hydrogens (tertiary/aromatic N) is 1. The number of sulfone groups is 1. The van der Waals surface area contributed by atoms with Crippen LogP contribution in [-0.2, 0) is 16.4 Å². The molecule has 1 unspecified atom stereocenters. The number of aromatic nitrogens is 1. The Kier molecular flexibility index (Phi) is 7.04. The number of hydrogen-bond donors (Lipinski definition) is 2. The molecular weight excluding hydrogens is 496 g/mol. The molecule has 1 aliphatic heterocycles. The molecule has 0 radical (unpaired) electrons. The zero-order valence-electron chi connectivity index (χ0n) is 19.7. The number of aliphatic hydroxyl groups is 1. The van der Waals surface area contributed by atoms with Crippen LogP contribution in [-0.4, -0.2) is 48.2 Å². The second kappa shape index (κ2) is 10.4. The predicted molar refractivity (Wildman–Crippen MR) is 143 cm³/mol. The molecule has 4 aromatic rings. The van der Waals surface area contributed by atoms with Crippen molar-refractivity contribution in [1.29, 1.82) is 0 Å². The molecule has 3 aromatic carbocycles. The summed E-state index contributed by atoms with van der Waals surface area (Å²) < 4.78 is 35.8. The molecule has 7 nitrogen and oxygen atoms in total. The van der Waals surface area contributed by atoms with Gasteiger partial charge in [0.25, 0.3) is 0 Å². The maximum Gasteiger partial charge on any atom is 0.175 e. The van der Waals surface area contributed by atoms with Gasteiger partial charge in [0.15, 0.2) is 9.84 Å². The van der Waals surface area contributed by atoms with Crippen LogP contribution in [0.15, 0.2) is 82.7 Å². The van der Waals surface area contributed by atoms with Gasteiger partial charge in [0.2, 0.25) is 0 Å². The fourth-order valence-electron chi connectivity index (χ4n) is 3.96. The van der Waals surface area contributed by atoms with Crippen LogP contribution >= 0.6 is 11.8 Å². The number of thioether (sulfide) groups is 1. The molecule has 0 spiro atoms. The fourth-order valence-corrected chi connectivity index (χ4v) is 5.66. The summed E-state index contributed by atoms with van der Waals surface area (Å²) in [6.45, 7) is 1.23. The molecular formula is C27H26N2O5S2. The van der Waals surface area contributed by atoms with Crippen LogP contribution in [0.5, 0.6) is 17.2 Å². The molecule has 0 fully saturated rings. The third-order valence-corrected chi connectivity index (χ3v) is 8.21. The number of hydrogen-bond acceptors (Lipinski definition) is 7. The van der Waals surface area contributed by atoms with E-state index in [0.717, 1.165) is 27.2 Å². The lowest BCUT2D eigenvalue weighted by atomic mass is 10.2. The minimum absolute atomic E-state index is 0.149. The first-order valence-corrected chi connectivity index (χ1v) is 14.3. The molecule has 0 bridgehead atoms. The second-order valence-electron chi connectivity index (χ2n) is 8.59. The van der Waals surface area contributed by atoms with Gasteiger partial charge in [-0.2, -0.15) is 0 Å². The van der Waals surface area contributed by atoms with Crippen LogP contribution in [0, 0.1) is 0 Å². The number of fused-ring (bicyclic) bond motifs is 1. The molecule has 0 saturated heterocycles. The van der Waals surface area contributed by atoms with Crippen molar-refractivity contribution in [2.24, 2.45) is 4.99 Å². The Hall–Kier alpha value is -3.27. The number of aliphatic imine (C=N–C) groups is 1. The van der Waals surface area contributed by atoms with Gasteiger partial charge in [0.05, 0.1) is 22.7 Å². The Morgan fingerprint density at radius 3 is 2.56 bits per heavy atom. The van der Waals surface area contributed by atoms with E-state index in [9.17, 15) is 13.5 Å². The largest absolute Gasteiger partial charge is 0.487 e. The minimum atomic E-state index is -3.28. The van der Waals surface area contributed by atoms with Gasteiger partial charge in [-0.25, -0.2) is 8.42 Å². The first-order valence-electron chi connectivity index (χ1n) is 11.5. The van der Waals surface area contributed by atoms with Crippen molar-refractivity contribution in [3.63, 3.8) is 0 Å². The lowest BCUT2D eigenvalue weighted by molar-refractivity contribution is 0.288. The van der Waals surface area contributed by atoms with Crippen molar-refractivity contribution in [3.05, 3.63) is 84.1 Å². The maximum absolute atomic E-state index is 11.8. The Morgan fingerprint density at radius 2 is 1.83 bits per heavy atom. The molecule has 0 amide bonds. The maximum atomic E-state index is 11.8. The molecule has 5 rings (SSSR count). The normalized spacial score (nSPS) is 15.7. The number of aromatic amines is 1. The van der Waals surface area contributed by atoms with Gasteiger partial charge in [0.1, 0.15) is 28.9 Å². The van der Waals surface area contributed by atoms with Crippen molar-refractivity contribution >= 4 is 37.5 Å². The van der Waals surface area contributed by atoms with E-state index in [0.29, 0.717) is 36.8 Å². The van der Waals surface area contributed by atoms with Crippen LogP contribution < -0.4 is 9.47 Å². The summed E-state index contributed by atoms with van der Waals surface area (Å²) in [4.78, 5) is 8.36. The van der Waals surface area contributed by atoms with Gasteiger partial charge in [-0.05, 0) is 48.4 Å². The molecule has 0 aliphatic carbocycles. The number of aliphatic hydroxyl groups excluding tert-OH is 1. The standard InChI is InChI=1S/C27H26N2O5S2/c1-36(31,32)23-9-7-20(8-10-23)34-21-13-19-14-24(27-28-16-22(35-27)11-12-30)29-26(19)25(15-21)33-17-18-5-3-2-4-6-18/h2-10,13-15,22,29-30H,11-12,16-17H2,1H3. The van der Waals surface area contributed by atoms with Crippen LogP contribution in [0.4, 0.5) is 0 Å². The number of nitrogens with one attached hydrogen (secondary N) is 1. The average molecular weight is 523 g/mol. The molecule has 36 heavy (non-hydrogen) atoms. The van der Waals surface area contributed by atoms with Gasteiger partial charge in [-0.3, -0.25) is 4.99 Å². The molecule has 2 N–H and O–H groups in total. The summed E-state index contributed by atoms with van der Waals surface area (Å²) in [5.41, 5.74) is 2.78. The van der Waals surface area contributed by atoms with E-state index in [1.807, 2.05) is 48.5 Å². The third kappa shape index (κ3) is 5.59. The highest BCUT2D eigenvalue weighted by molar-refractivity contribution is 8.15. The summed E-state index contributed by atoms with van der Waals surface area (Å²) in [5.74, 6) is 1.73. The van der Waals surface area contributed by atoms with E-state index in [2.05, 4.69) is 9.98 Å². The Bertz CT molecular complexity index is 1500. The molecule has 2 heterocycles. The highest BCUT2D eigenvalue weighted by Gasteiger charge is 2.22. The van der Waals surface area contributed by atoms with Crippen LogP contribution in [0.3, 0.4) is 0 Å². The molecule has 186 valence electrons. The zero-order valence-corrected chi connectivity index (χ0v) is 21.3. The Labute approximate surface area is 214 Å². The summed E-state index contributed by atoms with van der Waals surface area (Å²) in [6, 6.07) is 22.0. The van der Waals surface area contributed by atoms with E-state index in [4.69, 9.17) is 9.47 Å². The average Bonchev–Trinajstić information content (AvgIpc) is 3.50. The fraction of sp³-hybridized carbons (Fsp3) is 0.222. The van der Waals surface area contributed by atoms with E-state index in [-0.39, 0.29) is 16.8 Å². The smallest absolute Gasteiger partial charge is 0.175 e. The van der Waals surface area contributed by atoms with Crippen molar-refractivity contribution < 1.29 is 23.0 Å². The first kappa shape index (κ1) is 24.4. The van der Waals surface area contributed by atoms with Crippen LogP contribution in [0.2, 0.25) is 0 Å². The topological polar surface area (TPSA) is 101 Å². The quantitative estimate of drug-likeness (QED) is 0.314. The predicted octanol–water partition coefficient (Wildman–Crippen LogP) is 5.19. The van der Waals surface area contributed by atoms with E-state index in [1.54, 1.807) is 23.9 Å². The zero-order chi connectivity index (χ0) is 25.1. The highest BCUT2D eigenvalue weighted by atomic mass is 32.2. The number of ether oxygens (including phenoxy) is 2. The highest BCUT2D eigenvalue weighted by Crippen LogP contribution is 2.36. The molecule has 1 atom stereocenters. The number of H-pyrrole nitrogens is 1. The summed E-state index contributed by atoms with van der Waals surface area (Å²) in [5, 5.41) is 11.4. The van der Waals surface area contributed by atoms with E-state index >= 15 is 0 Å². The summed E-state index contributed by atoms with van der Waals surface area (Å²) >= 11 is 1.67. The van der Waals surface area contributed by atoms with Crippen molar-refractivity contribution in [2.45, 2.75) is 23.2 Å².